The van der Waals surface area contributed by atoms with Crippen LogP contribution < -0.4 is 10.2 Å². The molecule has 2 aromatic heterocycles. The molecular weight excluding hydrogens is 492 g/mol. The first-order valence-corrected chi connectivity index (χ1v) is 12.3. The van der Waals surface area contributed by atoms with Crippen LogP contribution in [-0.4, -0.2) is 64.1 Å². The van der Waals surface area contributed by atoms with Gasteiger partial charge in [0.2, 0.25) is 5.95 Å². The van der Waals surface area contributed by atoms with E-state index in [4.69, 9.17) is 11.2 Å². The van der Waals surface area contributed by atoms with E-state index >= 15 is 4.39 Å². The van der Waals surface area contributed by atoms with E-state index in [1.165, 1.54) is 30.5 Å². The summed E-state index contributed by atoms with van der Waals surface area (Å²) in [6.07, 6.45) is 8.12. The third kappa shape index (κ3) is 3.78. The molecule has 0 bridgehead atoms. The highest BCUT2D eigenvalue weighted by Gasteiger charge is 2.38. The maximum atomic E-state index is 16.3. The molecule has 2 aliphatic heterocycles. The second-order valence-electron chi connectivity index (χ2n) is 10.0. The quantitative estimate of drug-likeness (QED) is 0.332. The topological polar surface area (TPSA) is 104 Å². The predicted octanol–water partition coefficient (Wildman–Crippen LogP) is 3.83. The molecule has 0 saturated carbocycles. The molecule has 2 fully saturated rings. The van der Waals surface area contributed by atoms with E-state index in [1.54, 1.807) is 0 Å². The minimum Gasteiger partial charge on any atom is -0.508 e. The van der Waals surface area contributed by atoms with Crippen molar-refractivity contribution in [1.82, 2.24) is 15.0 Å². The number of phenolic OH excluding ortho intramolecular Hbond substituents is 1. The van der Waals surface area contributed by atoms with E-state index in [-0.39, 0.29) is 52.1 Å². The minimum absolute atomic E-state index is 0.0275. The number of aromatic nitrogens is 3. The monoisotopic (exact) mass is 517 g/mol. The number of pyridine rings is 1. The lowest BCUT2D eigenvalue weighted by Crippen LogP contribution is -2.50. The summed E-state index contributed by atoms with van der Waals surface area (Å²) < 4.78 is 36.3. The number of aromatic hydroxyl groups is 1. The van der Waals surface area contributed by atoms with E-state index in [1.807, 2.05) is 11.8 Å². The Labute approximate surface area is 217 Å². The lowest BCUT2D eigenvalue weighted by molar-refractivity contribution is -0.128. The number of aliphatic hydroxyl groups is 1. The van der Waals surface area contributed by atoms with Gasteiger partial charge in [-0.3, -0.25) is 0 Å². The first kappa shape index (κ1) is 24.3. The average Bonchev–Trinajstić information content (AvgIpc) is 2.88. The predicted molar refractivity (Wildman–Crippen MR) is 140 cm³/mol. The number of aliphatic hydroxyl groups excluding tert-OH is 1. The molecule has 0 spiro atoms. The number of terminal acetylenes is 1. The molecule has 2 aliphatic rings. The number of nitrogens with one attached hydrogen (secondary N) is 1. The number of benzene rings is 2. The number of hydrogen-bond donors (Lipinski definition) is 3. The van der Waals surface area contributed by atoms with Crippen molar-refractivity contribution in [2.24, 2.45) is 5.41 Å². The van der Waals surface area contributed by atoms with Gasteiger partial charge >= 0.3 is 0 Å². The second kappa shape index (κ2) is 9.04. The van der Waals surface area contributed by atoms with Crippen LogP contribution in [0.2, 0.25) is 0 Å². The van der Waals surface area contributed by atoms with Gasteiger partial charge in [-0.25, -0.2) is 23.7 Å². The van der Waals surface area contributed by atoms with Crippen molar-refractivity contribution in [3.8, 4) is 29.4 Å². The molecule has 0 radical (unpaired) electrons. The molecule has 0 unspecified atom stereocenters. The Kier molecular flexibility index (Phi) is 5.78. The molecule has 4 aromatic rings. The van der Waals surface area contributed by atoms with Crippen molar-refractivity contribution in [3.63, 3.8) is 0 Å². The van der Waals surface area contributed by atoms with Crippen molar-refractivity contribution in [2.45, 2.75) is 19.4 Å². The number of ether oxygens (including phenoxy) is 1. The molecule has 38 heavy (non-hydrogen) atoms. The first-order chi connectivity index (χ1) is 18.3. The van der Waals surface area contributed by atoms with Gasteiger partial charge in [0, 0.05) is 36.3 Å². The average molecular weight is 518 g/mol. The van der Waals surface area contributed by atoms with E-state index < -0.39 is 17.0 Å². The van der Waals surface area contributed by atoms with E-state index in [9.17, 15) is 14.6 Å². The maximum Gasteiger partial charge on any atom is 0.223 e. The van der Waals surface area contributed by atoms with Crippen LogP contribution in [0.3, 0.4) is 0 Å². The Balaban J connectivity index is 1.57. The second-order valence-corrected chi connectivity index (χ2v) is 10.0. The highest BCUT2D eigenvalue weighted by Crippen LogP contribution is 2.41. The summed E-state index contributed by atoms with van der Waals surface area (Å²) >= 11 is 0. The molecule has 194 valence electrons. The van der Waals surface area contributed by atoms with Gasteiger partial charge in [0.05, 0.1) is 36.2 Å². The van der Waals surface area contributed by atoms with Crippen LogP contribution in [0.4, 0.5) is 20.5 Å². The standard InChI is InChI=1S/C28H25F2N5O3/c1-3-18-21(29)5-4-16-8-17(37)9-19(22(16)18)24-23(30)25-20(26(33-24)35-7-6-15(35)2)10-31-27(34-25)32-11-28(12-36)13-38-14-28/h1,4-5,8-10,15,36-37H,6-7,11-14H2,2H3,(H,31,32,34)/t15-/m0/s1. The number of nitrogens with zero attached hydrogens (tertiary/aromatic N) is 4. The van der Waals surface area contributed by atoms with Crippen molar-refractivity contribution >= 4 is 33.4 Å². The number of rotatable bonds is 6. The van der Waals surface area contributed by atoms with E-state index in [0.29, 0.717) is 36.3 Å². The Morgan fingerprint density at radius 1 is 1.26 bits per heavy atom. The third-order valence-electron chi connectivity index (χ3n) is 7.48. The fraction of sp³-hybridized carbons (Fsp3) is 0.321. The van der Waals surface area contributed by atoms with Gasteiger partial charge < -0.3 is 25.2 Å². The van der Waals surface area contributed by atoms with E-state index in [2.05, 4.69) is 26.2 Å². The number of fused-ring (bicyclic) bond motifs is 2. The fourth-order valence-electron chi connectivity index (χ4n) is 5.01. The van der Waals surface area contributed by atoms with Crippen molar-refractivity contribution in [1.29, 1.82) is 0 Å². The summed E-state index contributed by atoms with van der Waals surface area (Å²) in [6.45, 7) is 3.86. The zero-order chi connectivity index (χ0) is 26.6. The number of anilines is 2. The summed E-state index contributed by atoms with van der Waals surface area (Å²) in [4.78, 5) is 15.6. The Hall–Kier alpha value is -4.07. The highest BCUT2D eigenvalue weighted by atomic mass is 19.1. The van der Waals surface area contributed by atoms with Crippen LogP contribution in [0.5, 0.6) is 5.75 Å². The molecule has 8 nitrogen and oxygen atoms in total. The smallest absolute Gasteiger partial charge is 0.223 e. The van der Waals surface area contributed by atoms with Crippen molar-refractivity contribution < 1.29 is 23.7 Å². The molecule has 0 aliphatic carbocycles. The Morgan fingerprint density at radius 2 is 2.08 bits per heavy atom. The summed E-state index contributed by atoms with van der Waals surface area (Å²) in [5.74, 6) is 1.54. The number of halogens is 2. The zero-order valence-corrected chi connectivity index (χ0v) is 20.6. The fourth-order valence-corrected chi connectivity index (χ4v) is 5.01. The first-order valence-electron chi connectivity index (χ1n) is 12.3. The molecule has 2 aromatic carbocycles. The molecule has 0 amide bonds. The van der Waals surface area contributed by atoms with Gasteiger partial charge in [-0.15, -0.1) is 6.42 Å². The Bertz CT molecular complexity index is 1630. The molecule has 10 heteroatoms. The summed E-state index contributed by atoms with van der Waals surface area (Å²) in [7, 11) is 0. The summed E-state index contributed by atoms with van der Waals surface area (Å²) in [5.41, 5.74) is -0.382. The summed E-state index contributed by atoms with van der Waals surface area (Å²) in [6, 6.07) is 5.66. The highest BCUT2D eigenvalue weighted by molar-refractivity contribution is 6.03. The van der Waals surface area contributed by atoms with Gasteiger partial charge in [0.1, 0.15) is 28.6 Å². The van der Waals surface area contributed by atoms with Crippen molar-refractivity contribution in [2.75, 3.05) is 43.1 Å². The minimum atomic E-state index is -0.745. The van der Waals surface area contributed by atoms with Gasteiger partial charge in [0.15, 0.2) is 5.82 Å². The van der Waals surface area contributed by atoms with Crippen LogP contribution in [-0.2, 0) is 4.74 Å². The molecular formula is C28H25F2N5O3. The van der Waals surface area contributed by atoms with Crippen LogP contribution in [0.15, 0.2) is 30.5 Å². The Morgan fingerprint density at radius 3 is 2.71 bits per heavy atom. The van der Waals surface area contributed by atoms with Crippen molar-refractivity contribution in [3.05, 3.63) is 47.7 Å². The van der Waals surface area contributed by atoms with Crippen LogP contribution in [0, 0.1) is 29.4 Å². The largest absolute Gasteiger partial charge is 0.508 e. The maximum absolute atomic E-state index is 16.3. The number of phenols is 1. The van der Waals surface area contributed by atoms with Crippen LogP contribution in [0.1, 0.15) is 18.9 Å². The molecule has 3 N–H and O–H groups in total. The molecule has 4 heterocycles. The molecule has 6 rings (SSSR count). The SMILES string of the molecule is C#Cc1c(F)ccc2cc(O)cc(-c3nc(N4CC[C@@H]4C)c4cnc(NCC5(CO)COC5)nc4c3F)c12. The zero-order valence-electron chi connectivity index (χ0n) is 20.6. The van der Waals surface area contributed by atoms with Gasteiger partial charge in [-0.05, 0) is 36.9 Å². The van der Waals surface area contributed by atoms with Crippen LogP contribution in [0.25, 0.3) is 32.9 Å². The van der Waals surface area contributed by atoms with Gasteiger partial charge in [0.25, 0.3) is 0 Å². The lowest BCUT2D eigenvalue weighted by atomic mass is 9.87. The van der Waals surface area contributed by atoms with Gasteiger partial charge in [-0.1, -0.05) is 12.0 Å². The van der Waals surface area contributed by atoms with E-state index in [0.717, 1.165) is 13.0 Å². The lowest BCUT2D eigenvalue weighted by Gasteiger charge is -2.40. The van der Waals surface area contributed by atoms with Crippen LogP contribution >= 0.6 is 0 Å². The van der Waals surface area contributed by atoms with Gasteiger partial charge in [-0.2, -0.15) is 0 Å². The third-order valence-corrected chi connectivity index (χ3v) is 7.48. The normalized spacial score (nSPS) is 18.2. The molecule has 2 saturated heterocycles. The number of hydrogen-bond acceptors (Lipinski definition) is 8. The molecule has 1 atom stereocenters. The summed E-state index contributed by atoms with van der Waals surface area (Å²) in [5, 5.41) is 24.4.